The van der Waals surface area contributed by atoms with Gasteiger partial charge in [-0.2, -0.15) is 0 Å². The minimum absolute atomic E-state index is 0.00929. The Kier molecular flexibility index (Phi) is 4.95. The number of carbonyl (C=O) groups is 1. The smallest absolute Gasteiger partial charge is 0.258 e. The van der Waals surface area contributed by atoms with E-state index in [4.69, 9.17) is 11.6 Å². The van der Waals surface area contributed by atoms with Gasteiger partial charge in [0.2, 0.25) is 0 Å². The van der Waals surface area contributed by atoms with E-state index in [-0.39, 0.29) is 5.56 Å². The van der Waals surface area contributed by atoms with Crippen LogP contribution in [0.15, 0.2) is 36.7 Å². The molecule has 1 aromatic carbocycles. The molecule has 0 spiro atoms. The number of anilines is 2. The number of piperazine rings is 1. The lowest BCUT2D eigenvalue weighted by atomic mass is 10.1. The van der Waals surface area contributed by atoms with E-state index in [1.165, 1.54) is 12.1 Å². The van der Waals surface area contributed by atoms with E-state index in [0.717, 1.165) is 31.0 Å². The number of hydrogen-bond donors (Lipinski definition) is 2. The lowest BCUT2D eigenvalue weighted by molar-refractivity contribution is 0.102. The highest BCUT2D eigenvalue weighted by Gasteiger charge is 2.19. The summed E-state index contributed by atoms with van der Waals surface area (Å²) in [5, 5.41) is 6.48. The zero-order chi connectivity index (χ0) is 19.8. The molecule has 1 aliphatic rings. The second-order valence-corrected chi connectivity index (χ2v) is 7.52. The van der Waals surface area contributed by atoms with Gasteiger partial charge >= 0.3 is 0 Å². The zero-order valence-electron chi connectivity index (χ0n) is 15.7. The van der Waals surface area contributed by atoms with Crippen LogP contribution in [0.25, 0.3) is 5.65 Å². The number of amides is 1. The van der Waals surface area contributed by atoms with Gasteiger partial charge in [0, 0.05) is 43.8 Å². The average molecular weight is 402 g/mol. The van der Waals surface area contributed by atoms with Crippen molar-refractivity contribution >= 4 is 34.5 Å². The third-order valence-electron chi connectivity index (χ3n) is 4.82. The molecule has 146 valence electrons. The van der Waals surface area contributed by atoms with Gasteiger partial charge in [0.1, 0.15) is 5.82 Å². The van der Waals surface area contributed by atoms with Gasteiger partial charge in [-0.25, -0.2) is 9.37 Å². The summed E-state index contributed by atoms with van der Waals surface area (Å²) < 4.78 is 16.4. The van der Waals surface area contributed by atoms with Crippen molar-refractivity contribution in [2.45, 2.75) is 19.9 Å². The second kappa shape index (κ2) is 7.41. The third-order valence-corrected chi connectivity index (χ3v) is 5.09. The first-order valence-electron chi connectivity index (χ1n) is 9.15. The van der Waals surface area contributed by atoms with Crippen LogP contribution in [0, 0.1) is 12.7 Å². The molecule has 4 rings (SSSR count). The molecular weight excluding hydrogens is 381 g/mol. The molecule has 1 aliphatic heterocycles. The molecule has 0 radical (unpaired) electrons. The zero-order valence-corrected chi connectivity index (χ0v) is 16.4. The number of aryl methyl sites for hydroxylation is 1. The number of rotatable bonds is 3. The maximum absolute atomic E-state index is 14.6. The molecule has 1 atom stereocenters. The summed E-state index contributed by atoms with van der Waals surface area (Å²) in [5.41, 5.74) is 2.66. The van der Waals surface area contributed by atoms with E-state index in [1.807, 2.05) is 6.92 Å². The standard InChI is InChI=1S/C20H21ClFN5O/c1-12-9-26(6-5-23-12)15-3-4-16(18(22)8-15)20(28)25-14-7-17(21)19-24-13(2)10-27(19)11-14/h3-4,7-8,10-12,23H,5-6,9H2,1-2H3,(H,25,28). The summed E-state index contributed by atoms with van der Waals surface area (Å²) in [4.78, 5) is 19.0. The third kappa shape index (κ3) is 3.68. The summed E-state index contributed by atoms with van der Waals surface area (Å²) in [6.45, 7) is 6.40. The SMILES string of the molecule is Cc1cn2cc(NC(=O)c3ccc(N4CCNC(C)C4)cc3F)cc(Cl)c2n1. The Hall–Kier alpha value is -2.64. The molecule has 3 aromatic rings. The maximum atomic E-state index is 14.6. The normalized spacial score (nSPS) is 17.1. The van der Waals surface area contributed by atoms with Crippen molar-refractivity contribution in [3.05, 3.63) is 58.8 Å². The topological polar surface area (TPSA) is 61.7 Å². The molecule has 2 N–H and O–H groups in total. The number of nitrogens with one attached hydrogen (secondary N) is 2. The van der Waals surface area contributed by atoms with Crippen molar-refractivity contribution in [3.63, 3.8) is 0 Å². The van der Waals surface area contributed by atoms with Gasteiger partial charge < -0.3 is 19.9 Å². The Morgan fingerprint density at radius 2 is 2.18 bits per heavy atom. The molecule has 0 aliphatic carbocycles. The summed E-state index contributed by atoms with van der Waals surface area (Å²) in [6, 6.07) is 6.67. The highest BCUT2D eigenvalue weighted by Crippen LogP contribution is 2.24. The van der Waals surface area contributed by atoms with Crippen LogP contribution >= 0.6 is 11.6 Å². The predicted octanol–water partition coefficient (Wildman–Crippen LogP) is 3.49. The second-order valence-electron chi connectivity index (χ2n) is 7.11. The fourth-order valence-corrected chi connectivity index (χ4v) is 3.76. The summed E-state index contributed by atoms with van der Waals surface area (Å²) in [7, 11) is 0. The molecule has 28 heavy (non-hydrogen) atoms. The number of aromatic nitrogens is 2. The molecule has 0 bridgehead atoms. The first-order valence-corrected chi connectivity index (χ1v) is 9.52. The molecule has 3 heterocycles. The Bertz CT molecular complexity index is 1050. The van der Waals surface area contributed by atoms with Crippen LogP contribution in [0.4, 0.5) is 15.8 Å². The molecular formula is C20H21ClFN5O. The van der Waals surface area contributed by atoms with Crippen molar-refractivity contribution in [2.24, 2.45) is 0 Å². The van der Waals surface area contributed by atoms with Crippen molar-refractivity contribution in [1.82, 2.24) is 14.7 Å². The van der Waals surface area contributed by atoms with E-state index in [2.05, 4.69) is 27.4 Å². The number of imidazole rings is 1. The van der Waals surface area contributed by atoms with E-state index in [0.29, 0.717) is 22.4 Å². The van der Waals surface area contributed by atoms with Gasteiger partial charge in [-0.3, -0.25) is 4.79 Å². The van der Waals surface area contributed by atoms with Gasteiger partial charge in [-0.1, -0.05) is 11.6 Å². The molecule has 1 fully saturated rings. The van der Waals surface area contributed by atoms with Crippen LogP contribution in [0.5, 0.6) is 0 Å². The number of nitrogens with zero attached hydrogens (tertiary/aromatic N) is 3. The number of benzene rings is 1. The lowest BCUT2D eigenvalue weighted by Gasteiger charge is -2.33. The van der Waals surface area contributed by atoms with E-state index >= 15 is 0 Å². The van der Waals surface area contributed by atoms with Crippen molar-refractivity contribution < 1.29 is 9.18 Å². The summed E-state index contributed by atoms with van der Waals surface area (Å²) in [5.74, 6) is -1.07. The summed E-state index contributed by atoms with van der Waals surface area (Å²) in [6.07, 6.45) is 3.51. The van der Waals surface area contributed by atoms with Gasteiger partial charge in [0.15, 0.2) is 5.65 Å². The van der Waals surface area contributed by atoms with Crippen LogP contribution in [0.3, 0.4) is 0 Å². The Morgan fingerprint density at radius 3 is 2.93 bits per heavy atom. The van der Waals surface area contributed by atoms with Crippen molar-refractivity contribution in [3.8, 4) is 0 Å². The first kappa shape index (κ1) is 18.7. The Labute approximate surface area is 167 Å². The number of halogens is 2. The Balaban J connectivity index is 1.55. The Morgan fingerprint density at radius 1 is 1.36 bits per heavy atom. The minimum atomic E-state index is -0.549. The molecule has 6 nitrogen and oxygen atoms in total. The predicted molar refractivity (Wildman–Crippen MR) is 109 cm³/mol. The molecule has 0 saturated carbocycles. The number of hydrogen-bond acceptors (Lipinski definition) is 4. The largest absolute Gasteiger partial charge is 0.369 e. The maximum Gasteiger partial charge on any atom is 0.258 e. The molecule has 2 aromatic heterocycles. The minimum Gasteiger partial charge on any atom is -0.369 e. The van der Waals surface area contributed by atoms with Crippen LogP contribution in [0.2, 0.25) is 5.02 Å². The van der Waals surface area contributed by atoms with Crippen LogP contribution in [0.1, 0.15) is 23.0 Å². The number of fused-ring (bicyclic) bond motifs is 1. The molecule has 1 unspecified atom stereocenters. The first-order chi connectivity index (χ1) is 13.4. The van der Waals surface area contributed by atoms with Crippen molar-refractivity contribution in [1.29, 1.82) is 0 Å². The van der Waals surface area contributed by atoms with Crippen LogP contribution < -0.4 is 15.5 Å². The fourth-order valence-electron chi connectivity index (χ4n) is 3.50. The molecule has 1 amide bonds. The average Bonchev–Trinajstić information content (AvgIpc) is 3.02. The fraction of sp³-hybridized carbons (Fsp3) is 0.300. The molecule has 1 saturated heterocycles. The molecule has 8 heteroatoms. The highest BCUT2D eigenvalue weighted by atomic mass is 35.5. The van der Waals surface area contributed by atoms with E-state index < -0.39 is 11.7 Å². The van der Waals surface area contributed by atoms with Crippen LogP contribution in [-0.4, -0.2) is 41.0 Å². The van der Waals surface area contributed by atoms with Gasteiger partial charge in [0.25, 0.3) is 5.91 Å². The highest BCUT2D eigenvalue weighted by molar-refractivity contribution is 6.33. The van der Waals surface area contributed by atoms with Crippen molar-refractivity contribution in [2.75, 3.05) is 29.9 Å². The lowest BCUT2D eigenvalue weighted by Crippen LogP contribution is -2.49. The monoisotopic (exact) mass is 401 g/mol. The van der Waals surface area contributed by atoms with E-state index in [9.17, 15) is 9.18 Å². The quantitative estimate of drug-likeness (QED) is 0.705. The van der Waals surface area contributed by atoms with Gasteiger partial charge in [-0.05, 0) is 38.1 Å². The van der Waals surface area contributed by atoms with Gasteiger partial charge in [-0.15, -0.1) is 0 Å². The summed E-state index contributed by atoms with van der Waals surface area (Å²) >= 11 is 6.24. The van der Waals surface area contributed by atoms with Gasteiger partial charge in [0.05, 0.1) is 22.0 Å². The number of carbonyl (C=O) groups excluding carboxylic acids is 1. The van der Waals surface area contributed by atoms with E-state index in [1.54, 1.807) is 28.9 Å². The number of pyridine rings is 1. The van der Waals surface area contributed by atoms with Crippen LogP contribution in [-0.2, 0) is 0 Å².